The summed E-state index contributed by atoms with van der Waals surface area (Å²) in [4.78, 5) is 19.4. The molecule has 0 radical (unpaired) electrons. The van der Waals surface area contributed by atoms with E-state index < -0.39 is 0 Å². The van der Waals surface area contributed by atoms with Crippen molar-refractivity contribution in [2.75, 3.05) is 32.9 Å². The minimum absolute atomic E-state index is 0.149. The van der Waals surface area contributed by atoms with Crippen LogP contribution in [0.1, 0.15) is 24.2 Å². The van der Waals surface area contributed by atoms with Gasteiger partial charge >= 0.3 is 0 Å². The summed E-state index contributed by atoms with van der Waals surface area (Å²) >= 11 is 0. The molecule has 0 atom stereocenters. The predicted molar refractivity (Wildman–Crippen MR) is 119 cm³/mol. The molecule has 0 aliphatic carbocycles. The topological polar surface area (TPSA) is 63.1 Å². The second-order valence-corrected chi connectivity index (χ2v) is 8.60. The third-order valence-corrected chi connectivity index (χ3v) is 6.59. The molecule has 1 fully saturated rings. The molecule has 31 heavy (non-hydrogen) atoms. The summed E-state index contributed by atoms with van der Waals surface area (Å²) in [6.07, 6.45) is 6.01. The van der Waals surface area contributed by atoms with Crippen LogP contribution >= 0.6 is 0 Å². The van der Waals surface area contributed by atoms with Gasteiger partial charge in [-0.05, 0) is 49.0 Å². The molecule has 0 bridgehead atoms. The zero-order valence-electron chi connectivity index (χ0n) is 17.7. The molecule has 1 N–H and O–H groups in total. The number of hydrogen-bond donors (Lipinski definition) is 1. The van der Waals surface area contributed by atoms with Crippen LogP contribution in [0.25, 0.3) is 21.9 Å². The molecule has 7 heteroatoms. The highest BCUT2D eigenvalue weighted by Crippen LogP contribution is 2.30. The summed E-state index contributed by atoms with van der Waals surface area (Å²) in [6.45, 7) is 4.30. The van der Waals surface area contributed by atoms with E-state index in [1.807, 2.05) is 23.1 Å². The highest BCUT2D eigenvalue weighted by molar-refractivity contribution is 5.89. The van der Waals surface area contributed by atoms with Crippen LogP contribution in [0, 0.1) is 5.92 Å². The average molecular weight is 422 g/mol. The van der Waals surface area contributed by atoms with Crippen molar-refractivity contribution in [1.82, 2.24) is 25.0 Å². The Balaban J connectivity index is 1.40. The van der Waals surface area contributed by atoms with Crippen LogP contribution in [-0.2, 0) is 24.3 Å². The van der Waals surface area contributed by atoms with Gasteiger partial charge in [-0.15, -0.1) is 0 Å². The van der Waals surface area contributed by atoms with Crippen LogP contribution < -0.4 is 5.32 Å². The smallest absolute Gasteiger partial charge is 0.142 e. The third-order valence-electron chi connectivity index (χ3n) is 6.59. The molecule has 3 aromatic rings. The lowest BCUT2D eigenvalue weighted by Crippen LogP contribution is -2.35. The van der Waals surface area contributed by atoms with Gasteiger partial charge in [-0.3, -0.25) is 19.4 Å². The molecule has 6 nitrogen and oxygen atoms in total. The van der Waals surface area contributed by atoms with E-state index in [0.29, 0.717) is 25.3 Å². The number of piperidine rings is 1. The normalized spacial score (nSPS) is 17.7. The standard InChI is InChI=1S/C24H28FN5O/c25-5-8-29-9-10-30-23(16-29)22(15-28-30)18-1-2-19-14-27-21(12-20(19)11-18)13-24(31)17-3-6-26-7-4-17/h1-2,11-12,14-15,17,26H,3-10,13,16H2. The minimum atomic E-state index is -0.328. The number of rotatable bonds is 6. The first kappa shape index (κ1) is 20.3. The summed E-state index contributed by atoms with van der Waals surface area (Å²) in [5.74, 6) is 0.444. The SMILES string of the molecule is O=C(Cc1cc2cc(-c3cnn4c3CN(CCF)CC4)ccc2cn1)C1CCNCC1. The lowest BCUT2D eigenvalue weighted by Gasteiger charge is -2.27. The van der Waals surface area contributed by atoms with Crippen LogP contribution in [0.15, 0.2) is 36.7 Å². The Morgan fingerprint density at radius 2 is 2.00 bits per heavy atom. The van der Waals surface area contributed by atoms with Crippen molar-refractivity contribution in [3.63, 3.8) is 0 Å². The van der Waals surface area contributed by atoms with Crippen molar-refractivity contribution in [3.05, 3.63) is 48.0 Å². The maximum absolute atomic E-state index is 12.8. The number of alkyl halides is 1. The highest BCUT2D eigenvalue weighted by atomic mass is 19.1. The van der Waals surface area contributed by atoms with Gasteiger partial charge in [0.1, 0.15) is 12.5 Å². The van der Waals surface area contributed by atoms with Crippen LogP contribution in [0.2, 0.25) is 0 Å². The largest absolute Gasteiger partial charge is 0.317 e. The second kappa shape index (κ2) is 8.85. The number of halogens is 1. The molecule has 0 unspecified atom stereocenters. The Labute approximate surface area is 181 Å². The lowest BCUT2D eigenvalue weighted by molar-refractivity contribution is -0.123. The molecular weight excluding hydrogens is 393 g/mol. The van der Waals surface area contributed by atoms with Gasteiger partial charge in [0.15, 0.2) is 0 Å². The number of hydrogen-bond acceptors (Lipinski definition) is 5. The van der Waals surface area contributed by atoms with Gasteiger partial charge in [0, 0.05) is 54.8 Å². The zero-order chi connectivity index (χ0) is 21.2. The molecule has 5 rings (SSSR count). The molecular formula is C24H28FN5O. The van der Waals surface area contributed by atoms with Gasteiger partial charge in [0.05, 0.1) is 18.4 Å². The van der Waals surface area contributed by atoms with Crippen LogP contribution in [0.5, 0.6) is 0 Å². The molecule has 0 amide bonds. The first-order chi connectivity index (χ1) is 15.2. The second-order valence-electron chi connectivity index (χ2n) is 8.60. The van der Waals surface area contributed by atoms with Crippen LogP contribution in [0.4, 0.5) is 4.39 Å². The van der Waals surface area contributed by atoms with E-state index in [1.54, 1.807) is 0 Å². The molecule has 2 aromatic heterocycles. The zero-order valence-corrected chi connectivity index (χ0v) is 17.7. The fourth-order valence-corrected chi connectivity index (χ4v) is 4.77. The number of pyridine rings is 1. The molecule has 1 saturated heterocycles. The Kier molecular flexibility index (Phi) is 5.78. The van der Waals surface area contributed by atoms with E-state index in [1.165, 1.54) is 0 Å². The molecule has 2 aliphatic rings. The maximum atomic E-state index is 12.8. The fourth-order valence-electron chi connectivity index (χ4n) is 4.77. The Morgan fingerprint density at radius 3 is 2.84 bits per heavy atom. The van der Waals surface area contributed by atoms with Crippen molar-refractivity contribution in [3.8, 4) is 11.1 Å². The van der Waals surface area contributed by atoms with Gasteiger partial charge in [-0.1, -0.05) is 12.1 Å². The van der Waals surface area contributed by atoms with E-state index in [4.69, 9.17) is 0 Å². The van der Waals surface area contributed by atoms with E-state index in [0.717, 1.165) is 72.3 Å². The number of fused-ring (bicyclic) bond motifs is 2. The predicted octanol–water partition coefficient (Wildman–Crippen LogP) is 2.99. The van der Waals surface area contributed by atoms with Gasteiger partial charge in [-0.2, -0.15) is 5.10 Å². The number of nitrogens with zero attached hydrogens (tertiary/aromatic N) is 4. The first-order valence-electron chi connectivity index (χ1n) is 11.2. The Bertz CT molecular complexity index is 1090. The quantitative estimate of drug-likeness (QED) is 0.663. The van der Waals surface area contributed by atoms with Gasteiger partial charge in [-0.25, -0.2) is 4.39 Å². The summed E-state index contributed by atoms with van der Waals surface area (Å²) in [5.41, 5.74) is 4.15. The van der Waals surface area contributed by atoms with Gasteiger partial charge in [0.25, 0.3) is 0 Å². The van der Waals surface area contributed by atoms with Crippen LogP contribution in [-0.4, -0.2) is 58.3 Å². The fraction of sp³-hybridized carbons (Fsp3) is 0.458. The van der Waals surface area contributed by atoms with Gasteiger partial charge < -0.3 is 5.32 Å². The maximum Gasteiger partial charge on any atom is 0.142 e. The number of ketones is 1. The van der Waals surface area contributed by atoms with Crippen molar-refractivity contribution >= 4 is 16.6 Å². The Hall–Kier alpha value is -2.64. The molecule has 4 heterocycles. The van der Waals surface area contributed by atoms with Gasteiger partial charge in [0.2, 0.25) is 0 Å². The third kappa shape index (κ3) is 4.25. The van der Waals surface area contributed by atoms with Crippen molar-refractivity contribution < 1.29 is 9.18 Å². The number of benzene rings is 1. The molecule has 0 spiro atoms. The van der Waals surface area contributed by atoms with E-state index in [9.17, 15) is 9.18 Å². The van der Waals surface area contributed by atoms with Crippen molar-refractivity contribution in [2.45, 2.75) is 32.4 Å². The number of nitrogens with one attached hydrogen (secondary N) is 1. The Morgan fingerprint density at radius 1 is 1.13 bits per heavy atom. The van der Waals surface area contributed by atoms with Crippen LogP contribution in [0.3, 0.4) is 0 Å². The number of aromatic nitrogens is 3. The first-order valence-corrected chi connectivity index (χ1v) is 11.2. The minimum Gasteiger partial charge on any atom is -0.317 e. The summed E-state index contributed by atoms with van der Waals surface area (Å²) in [5, 5.41) is 10.0. The summed E-state index contributed by atoms with van der Waals surface area (Å²) < 4.78 is 14.9. The van der Waals surface area contributed by atoms with E-state index in [2.05, 4.69) is 38.5 Å². The van der Waals surface area contributed by atoms with Crippen molar-refractivity contribution in [2.24, 2.45) is 5.92 Å². The highest BCUT2D eigenvalue weighted by Gasteiger charge is 2.22. The molecule has 1 aromatic carbocycles. The molecule has 162 valence electrons. The number of Topliss-reactive ketones (excluding diaryl/α,β-unsaturated/α-hetero) is 1. The van der Waals surface area contributed by atoms with E-state index in [-0.39, 0.29) is 12.6 Å². The lowest BCUT2D eigenvalue weighted by atomic mass is 9.91. The van der Waals surface area contributed by atoms with Crippen molar-refractivity contribution in [1.29, 1.82) is 0 Å². The molecule has 2 aliphatic heterocycles. The number of carbonyl (C=O) groups is 1. The van der Waals surface area contributed by atoms with E-state index >= 15 is 0 Å². The summed E-state index contributed by atoms with van der Waals surface area (Å²) in [6, 6.07) is 8.36. The monoisotopic (exact) mass is 421 g/mol. The molecule has 0 saturated carbocycles. The number of carbonyl (C=O) groups excluding carboxylic acids is 1. The average Bonchev–Trinajstić information content (AvgIpc) is 3.23. The summed E-state index contributed by atoms with van der Waals surface area (Å²) in [7, 11) is 0.